The lowest BCUT2D eigenvalue weighted by Gasteiger charge is -2.10. The third-order valence-electron chi connectivity index (χ3n) is 2.40. The standard InChI is InChI=1S/C12H6Cl2F3NOS2/c13-10-3-6(11(14)21-10)8(19)5-20-9-1-2-18-4-7(9)12(15,16)17/h1-4H,5H2. The molecule has 0 unspecified atom stereocenters. The first-order chi connectivity index (χ1) is 9.79. The molecular formula is C12H6Cl2F3NOS2. The fraction of sp³-hybridized carbons (Fsp3) is 0.167. The summed E-state index contributed by atoms with van der Waals surface area (Å²) in [6.07, 6.45) is -2.53. The van der Waals surface area contributed by atoms with E-state index in [2.05, 4.69) is 4.98 Å². The summed E-state index contributed by atoms with van der Waals surface area (Å²) in [4.78, 5) is 15.4. The van der Waals surface area contributed by atoms with E-state index in [1.807, 2.05) is 0 Å². The number of halogens is 5. The summed E-state index contributed by atoms with van der Waals surface area (Å²) in [6.45, 7) is 0. The molecule has 0 aliphatic rings. The highest BCUT2D eigenvalue weighted by Crippen LogP contribution is 2.37. The van der Waals surface area contributed by atoms with E-state index in [1.54, 1.807) is 0 Å². The van der Waals surface area contributed by atoms with Gasteiger partial charge >= 0.3 is 6.18 Å². The Morgan fingerprint density at radius 1 is 1.38 bits per heavy atom. The number of hydrogen-bond donors (Lipinski definition) is 0. The summed E-state index contributed by atoms with van der Waals surface area (Å²) in [5.41, 5.74) is -0.640. The normalized spacial score (nSPS) is 11.7. The van der Waals surface area contributed by atoms with Crippen LogP contribution in [0.2, 0.25) is 8.67 Å². The number of aromatic nitrogens is 1. The molecule has 0 aliphatic carbocycles. The van der Waals surface area contributed by atoms with Crippen LogP contribution in [0.5, 0.6) is 0 Å². The van der Waals surface area contributed by atoms with Crippen LogP contribution in [0, 0.1) is 0 Å². The Morgan fingerprint density at radius 3 is 2.67 bits per heavy atom. The highest BCUT2D eigenvalue weighted by molar-refractivity contribution is 8.00. The monoisotopic (exact) mass is 371 g/mol. The van der Waals surface area contributed by atoms with Gasteiger partial charge in [-0.3, -0.25) is 9.78 Å². The number of pyridine rings is 1. The van der Waals surface area contributed by atoms with Crippen LogP contribution in [-0.4, -0.2) is 16.5 Å². The molecular weight excluding hydrogens is 366 g/mol. The molecule has 112 valence electrons. The highest BCUT2D eigenvalue weighted by Gasteiger charge is 2.34. The van der Waals surface area contributed by atoms with E-state index in [4.69, 9.17) is 23.2 Å². The van der Waals surface area contributed by atoms with E-state index < -0.39 is 11.7 Å². The maximum Gasteiger partial charge on any atom is 0.418 e. The number of carbonyl (C=O) groups excluding carboxylic acids is 1. The van der Waals surface area contributed by atoms with Gasteiger partial charge in [-0.25, -0.2) is 0 Å². The van der Waals surface area contributed by atoms with Gasteiger partial charge in [-0.15, -0.1) is 23.1 Å². The van der Waals surface area contributed by atoms with Crippen molar-refractivity contribution in [2.24, 2.45) is 0 Å². The van der Waals surface area contributed by atoms with Crippen molar-refractivity contribution in [2.45, 2.75) is 11.1 Å². The molecule has 0 spiro atoms. The van der Waals surface area contributed by atoms with Crippen LogP contribution >= 0.6 is 46.3 Å². The Morgan fingerprint density at radius 2 is 2.10 bits per heavy atom. The molecule has 0 aromatic carbocycles. The molecule has 2 heterocycles. The minimum absolute atomic E-state index is 0.0525. The van der Waals surface area contributed by atoms with E-state index in [9.17, 15) is 18.0 Å². The van der Waals surface area contributed by atoms with Crippen LogP contribution in [0.1, 0.15) is 15.9 Å². The van der Waals surface area contributed by atoms with Crippen molar-refractivity contribution >= 4 is 52.1 Å². The number of nitrogens with zero attached hydrogens (tertiary/aromatic N) is 1. The van der Waals surface area contributed by atoms with E-state index >= 15 is 0 Å². The molecule has 21 heavy (non-hydrogen) atoms. The zero-order chi connectivity index (χ0) is 15.6. The first-order valence-corrected chi connectivity index (χ1v) is 7.97. The zero-order valence-corrected chi connectivity index (χ0v) is 13.2. The molecule has 0 radical (unpaired) electrons. The average Bonchev–Trinajstić information content (AvgIpc) is 2.74. The molecule has 0 saturated carbocycles. The van der Waals surface area contributed by atoms with E-state index in [0.717, 1.165) is 29.3 Å². The van der Waals surface area contributed by atoms with E-state index in [0.29, 0.717) is 4.34 Å². The predicted molar refractivity (Wildman–Crippen MR) is 78.6 cm³/mol. The van der Waals surface area contributed by atoms with Crippen molar-refractivity contribution in [3.05, 3.63) is 44.3 Å². The minimum atomic E-state index is -4.51. The largest absolute Gasteiger partial charge is 0.418 e. The van der Waals surface area contributed by atoms with Gasteiger partial charge in [-0.1, -0.05) is 23.2 Å². The van der Waals surface area contributed by atoms with Crippen molar-refractivity contribution in [3.8, 4) is 0 Å². The Bertz CT molecular complexity index is 673. The van der Waals surface area contributed by atoms with Crippen molar-refractivity contribution < 1.29 is 18.0 Å². The topological polar surface area (TPSA) is 30.0 Å². The molecule has 0 atom stereocenters. The molecule has 0 bridgehead atoms. The summed E-state index contributed by atoms with van der Waals surface area (Å²) in [5, 5.41) is 0. The lowest BCUT2D eigenvalue weighted by atomic mass is 10.2. The van der Waals surface area contributed by atoms with Crippen LogP contribution in [-0.2, 0) is 6.18 Å². The zero-order valence-electron chi connectivity index (χ0n) is 10.1. The third-order valence-corrected chi connectivity index (χ3v) is 4.96. The second kappa shape index (κ2) is 6.56. The van der Waals surface area contributed by atoms with Crippen LogP contribution in [0.3, 0.4) is 0 Å². The van der Waals surface area contributed by atoms with Gasteiger partial charge in [-0.05, 0) is 12.1 Å². The van der Waals surface area contributed by atoms with Gasteiger partial charge in [-0.2, -0.15) is 13.2 Å². The predicted octanol–water partition coefficient (Wildman–Crippen LogP) is 5.44. The average molecular weight is 372 g/mol. The van der Waals surface area contributed by atoms with Crippen molar-refractivity contribution in [3.63, 3.8) is 0 Å². The Balaban J connectivity index is 2.14. The third kappa shape index (κ3) is 4.12. The fourth-order valence-corrected chi connectivity index (χ4v) is 3.89. The Hall–Kier alpha value is -0.760. The van der Waals surface area contributed by atoms with Crippen molar-refractivity contribution in [1.82, 2.24) is 4.98 Å². The molecule has 0 N–H and O–H groups in total. The van der Waals surface area contributed by atoms with Crippen molar-refractivity contribution in [2.75, 3.05) is 5.75 Å². The summed E-state index contributed by atoms with van der Waals surface area (Å²) in [5.74, 6) is -0.544. The molecule has 2 rings (SSSR count). The lowest BCUT2D eigenvalue weighted by molar-refractivity contribution is -0.140. The smallest absolute Gasteiger partial charge is 0.293 e. The van der Waals surface area contributed by atoms with Gasteiger partial charge in [0.05, 0.1) is 15.7 Å². The molecule has 2 aromatic rings. The maximum atomic E-state index is 12.8. The molecule has 0 saturated heterocycles. The number of rotatable bonds is 4. The second-order valence-corrected chi connectivity index (χ2v) is 7.12. The minimum Gasteiger partial charge on any atom is -0.293 e. The van der Waals surface area contributed by atoms with Gasteiger partial charge in [0.1, 0.15) is 4.34 Å². The number of Topliss-reactive ketones (excluding diaryl/α,β-unsaturated/α-hetero) is 1. The summed E-state index contributed by atoms with van der Waals surface area (Å²) >= 11 is 13.4. The number of alkyl halides is 3. The number of carbonyl (C=O) groups is 1. The second-order valence-electron chi connectivity index (χ2n) is 3.82. The quantitative estimate of drug-likeness (QED) is 0.529. The molecule has 2 nitrogen and oxygen atoms in total. The van der Waals surface area contributed by atoms with E-state index in [-0.39, 0.29) is 26.3 Å². The maximum absolute atomic E-state index is 12.8. The Labute approximate surface area is 136 Å². The number of thiophene rings is 1. The molecule has 0 amide bonds. The van der Waals surface area contributed by atoms with Crippen LogP contribution in [0.25, 0.3) is 0 Å². The highest BCUT2D eigenvalue weighted by atomic mass is 35.5. The van der Waals surface area contributed by atoms with Crippen molar-refractivity contribution in [1.29, 1.82) is 0 Å². The summed E-state index contributed by atoms with van der Waals surface area (Å²) in [6, 6.07) is 2.64. The summed E-state index contributed by atoms with van der Waals surface area (Å²) < 4.78 is 39.0. The number of hydrogen-bond acceptors (Lipinski definition) is 4. The molecule has 2 aromatic heterocycles. The van der Waals surface area contributed by atoms with Gasteiger partial charge in [0.25, 0.3) is 0 Å². The fourth-order valence-electron chi connectivity index (χ4n) is 1.47. The lowest BCUT2D eigenvalue weighted by Crippen LogP contribution is -2.08. The van der Waals surface area contributed by atoms with Gasteiger partial charge in [0.2, 0.25) is 0 Å². The molecule has 9 heteroatoms. The number of thioether (sulfide) groups is 1. The van der Waals surface area contributed by atoms with Gasteiger partial charge in [0, 0.05) is 22.9 Å². The van der Waals surface area contributed by atoms with E-state index in [1.165, 1.54) is 18.3 Å². The van der Waals surface area contributed by atoms with Gasteiger partial charge < -0.3 is 0 Å². The van der Waals surface area contributed by atoms with Crippen LogP contribution < -0.4 is 0 Å². The first kappa shape index (κ1) is 16.6. The Kier molecular flexibility index (Phi) is 5.19. The molecule has 0 fully saturated rings. The van der Waals surface area contributed by atoms with Crippen LogP contribution in [0.4, 0.5) is 13.2 Å². The summed E-state index contributed by atoms with van der Waals surface area (Å²) in [7, 11) is 0. The SMILES string of the molecule is O=C(CSc1ccncc1C(F)(F)F)c1cc(Cl)sc1Cl. The van der Waals surface area contributed by atoms with Gasteiger partial charge in [0.15, 0.2) is 5.78 Å². The molecule has 0 aliphatic heterocycles. The number of ketones is 1. The van der Waals surface area contributed by atoms with Crippen LogP contribution in [0.15, 0.2) is 29.4 Å². The first-order valence-electron chi connectivity index (χ1n) is 5.41.